The fourth-order valence-electron chi connectivity index (χ4n) is 4.25. The lowest BCUT2D eigenvalue weighted by atomic mass is 10.1. The molecule has 7 nitrogen and oxygen atoms in total. The van der Waals surface area contributed by atoms with E-state index in [1.807, 2.05) is 0 Å². The second-order valence-corrected chi connectivity index (χ2v) is 9.95. The molecule has 7 heteroatoms. The van der Waals surface area contributed by atoms with Gasteiger partial charge in [0.05, 0.1) is 0 Å². The fraction of sp³-hybridized carbons (Fsp3) is 0.893. The molecule has 0 aromatic rings. The van der Waals surface area contributed by atoms with Crippen LogP contribution in [0.25, 0.3) is 0 Å². The van der Waals surface area contributed by atoms with E-state index in [-0.39, 0.29) is 17.8 Å². The van der Waals surface area contributed by atoms with Crippen LogP contribution in [0.1, 0.15) is 142 Å². The summed E-state index contributed by atoms with van der Waals surface area (Å²) in [7, 11) is 0. The van der Waals surface area contributed by atoms with Gasteiger partial charge in [0.25, 0.3) is 0 Å². The molecule has 0 spiro atoms. The van der Waals surface area contributed by atoms with E-state index in [0.717, 1.165) is 25.7 Å². The van der Waals surface area contributed by atoms with Crippen molar-refractivity contribution in [1.82, 2.24) is 16.0 Å². The molecule has 1 unspecified atom stereocenters. The first-order valence-corrected chi connectivity index (χ1v) is 14.7. The molecule has 206 valence electrons. The van der Waals surface area contributed by atoms with Crippen molar-refractivity contribution < 1.29 is 9.59 Å². The van der Waals surface area contributed by atoms with Crippen LogP contribution in [0.4, 0.5) is 0 Å². The van der Waals surface area contributed by atoms with E-state index in [2.05, 4.69) is 29.8 Å². The Morgan fingerprint density at radius 3 is 1.63 bits per heavy atom. The maximum atomic E-state index is 12.7. The van der Waals surface area contributed by atoms with Crippen LogP contribution in [0.15, 0.2) is 0 Å². The standard InChI is InChI=1S/C28H57N5O2/c1-3-5-7-9-11-13-14-16-18-22-26(34)33-25(21-20-24-32-28(29)30)27(35)31-23-19-17-15-12-10-8-6-4-2/h25H,3-24H2,1-2H3,(H,31,35)(H,33,34)(H4,29,30,32). The number of rotatable bonds is 25. The highest BCUT2D eigenvalue weighted by molar-refractivity contribution is 5.87. The molecule has 2 amide bonds. The molecule has 35 heavy (non-hydrogen) atoms. The molecular formula is C28H57N5O2. The lowest BCUT2D eigenvalue weighted by Crippen LogP contribution is -2.47. The maximum absolute atomic E-state index is 12.7. The third kappa shape index (κ3) is 23.7. The summed E-state index contributed by atoms with van der Waals surface area (Å²) in [5.41, 5.74) is 5.33. The van der Waals surface area contributed by atoms with E-state index >= 15 is 0 Å². The minimum absolute atomic E-state index is 0.0419. The van der Waals surface area contributed by atoms with Crippen LogP contribution in [0.2, 0.25) is 0 Å². The summed E-state index contributed by atoms with van der Waals surface area (Å²) in [6.07, 6.45) is 22.4. The smallest absolute Gasteiger partial charge is 0.242 e. The fourth-order valence-corrected chi connectivity index (χ4v) is 4.25. The minimum Gasteiger partial charge on any atom is -0.370 e. The normalized spacial score (nSPS) is 11.7. The predicted molar refractivity (Wildman–Crippen MR) is 149 cm³/mol. The zero-order valence-electron chi connectivity index (χ0n) is 23.0. The van der Waals surface area contributed by atoms with Gasteiger partial charge in [0.1, 0.15) is 6.04 Å². The number of hydrogen-bond donors (Lipinski definition) is 5. The highest BCUT2D eigenvalue weighted by Gasteiger charge is 2.19. The first-order chi connectivity index (χ1) is 17.0. The average Bonchev–Trinajstić information content (AvgIpc) is 2.83. The van der Waals surface area contributed by atoms with E-state index in [9.17, 15) is 9.59 Å². The first kappa shape index (κ1) is 33.2. The van der Waals surface area contributed by atoms with Gasteiger partial charge >= 0.3 is 0 Å². The summed E-state index contributed by atoms with van der Waals surface area (Å²) in [5.74, 6) is -0.217. The van der Waals surface area contributed by atoms with Gasteiger partial charge in [0, 0.05) is 19.5 Å². The molecule has 0 aromatic heterocycles. The van der Waals surface area contributed by atoms with Crippen molar-refractivity contribution in [1.29, 1.82) is 5.41 Å². The molecule has 0 saturated carbocycles. The largest absolute Gasteiger partial charge is 0.370 e. The Labute approximate surface area is 216 Å². The first-order valence-electron chi connectivity index (χ1n) is 14.7. The number of amides is 2. The summed E-state index contributed by atoms with van der Waals surface area (Å²) < 4.78 is 0. The Morgan fingerprint density at radius 1 is 0.657 bits per heavy atom. The van der Waals surface area contributed by atoms with Gasteiger partial charge in [-0.05, 0) is 25.7 Å². The number of hydrogen-bond acceptors (Lipinski definition) is 3. The van der Waals surface area contributed by atoms with E-state index < -0.39 is 6.04 Å². The van der Waals surface area contributed by atoms with Crippen molar-refractivity contribution in [2.24, 2.45) is 5.73 Å². The summed E-state index contributed by atoms with van der Waals surface area (Å²) in [4.78, 5) is 25.2. The molecule has 0 heterocycles. The van der Waals surface area contributed by atoms with E-state index in [1.54, 1.807) is 0 Å². The predicted octanol–water partition coefficient (Wildman–Crippen LogP) is 5.91. The summed E-state index contributed by atoms with van der Waals surface area (Å²) in [6, 6.07) is -0.524. The van der Waals surface area contributed by atoms with Crippen LogP contribution >= 0.6 is 0 Å². The van der Waals surface area contributed by atoms with Crippen molar-refractivity contribution in [2.75, 3.05) is 13.1 Å². The number of unbranched alkanes of at least 4 members (excludes halogenated alkanes) is 15. The quantitative estimate of drug-likeness (QED) is 0.0614. The van der Waals surface area contributed by atoms with Gasteiger partial charge in [-0.2, -0.15) is 0 Å². The van der Waals surface area contributed by atoms with Crippen molar-refractivity contribution in [2.45, 2.75) is 148 Å². The lowest BCUT2D eigenvalue weighted by molar-refractivity contribution is -0.129. The molecular weight excluding hydrogens is 438 g/mol. The second-order valence-electron chi connectivity index (χ2n) is 9.95. The zero-order valence-corrected chi connectivity index (χ0v) is 23.0. The highest BCUT2D eigenvalue weighted by Crippen LogP contribution is 2.11. The van der Waals surface area contributed by atoms with Crippen molar-refractivity contribution in [3.05, 3.63) is 0 Å². The molecule has 0 bridgehead atoms. The van der Waals surface area contributed by atoms with E-state index in [1.165, 1.54) is 83.5 Å². The Hall–Kier alpha value is -1.79. The number of carbonyl (C=O) groups excluding carboxylic acids is 2. The monoisotopic (exact) mass is 495 g/mol. The van der Waals surface area contributed by atoms with Crippen LogP contribution in [0.5, 0.6) is 0 Å². The Morgan fingerprint density at radius 2 is 1.11 bits per heavy atom. The third-order valence-corrected chi connectivity index (χ3v) is 6.47. The minimum atomic E-state index is -0.524. The number of guanidine groups is 1. The van der Waals surface area contributed by atoms with Gasteiger partial charge in [-0.1, -0.05) is 110 Å². The van der Waals surface area contributed by atoms with Crippen molar-refractivity contribution in [3.63, 3.8) is 0 Å². The number of nitrogens with two attached hydrogens (primary N) is 1. The van der Waals surface area contributed by atoms with Gasteiger partial charge < -0.3 is 21.7 Å². The number of nitrogens with one attached hydrogen (secondary N) is 4. The molecule has 6 N–H and O–H groups in total. The lowest BCUT2D eigenvalue weighted by Gasteiger charge is -2.19. The van der Waals surface area contributed by atoms with Gasteiger partial charge in [-0.25, -0.2) is 0 Å². The molecule has 0 saturated heterocycles. The second kappa shape index (κ2) is 25.3. The van der Waals surface area contributed by atoms with Crippen molar-refractivity contribution in [3.8, 4) is 0 Å². The van der Waals surface area contributed by atoms with E-state index in [4.69, 9.17) is 11.1 Å². The summed E-state index contributed by atoms with van der Waals surface area (Å²) in [6.45, 7) is 5.64. The Kier molecular flexibility index (Phi) is 24.0. The van der Waals surface area contributed by atoms with Crippen LogP contribution in [0, 0.1) is 5.41 Å². The topological polar surface area (TPSA) is 120 Å². The van der Waals surface area contributed by atoms with Crippen LogP contribution in [-0.2, 0) is 9.59 Å². The molecule has 0 aliphatic carbocycles. The van der Waals surface area contributed by atoms with Gasteiger partial charge in [0.15, 0.2) is 5.96 Å². The third-order valence-electron chi connectivity index (χ3n) is 6.47. The highest BCUT2D eigenvalue weighted by atomic mass is 16.2. The molecule has 0 aromatic carbocycles. The summed E-state index contributed by atoms with van der Waals surface area (Å²) >= 11 is 0. The average molecular weight is 496 g/mol. The zero-order chi connectivity index (χ0) is 26.0. The SMILES string of the molecule is CCCCCCCCCCCC(=O)NC(CCCNC(=N)N)C(=O)NCCCCCCCCCC. The van der Waals surface area contributed by atoms with E-state index in [0.29, 0.717) is 32.4 Å². The Balaban J connectivity index is 4.16. The van der Waals surface area contributed by atoms with Crippen LogP contribution in [0.3, 0.4) is 0 Å². The van der Waals surface area contributed by atoms with Crippen molar-refractivity contribution >= 4 is 17.8 Å². The molecule has 0 aliphatic rings. The molecule has 1 atom stereocenters. The van der Waals surface area contributed by atoms with Crippen LogP contribution < -0.4 is 21.7 Å². The summed E-state index contributed by atoms with van der Waals surface area (Å²) in [5, 5.41) is 16.0. The van der Waals surface area contributed by atoms with Gasteiger partial charge in [-0.15, -0.1) is 0 Å². The molecule has 0 aliphatic heterocycles. The molecule has 0 fully saturated rings. The Bertz CT molecular complexity index is 527. The molecule has 0 rings (SSSR count). The maximum Gasteiger partial charge on any atom is 0.242 e. The van der Waals surface area contributed by atoms with Gasteiger partial charge in [0.2, 0.25) is 11.8 Å². The van der Waals surface area contributed by atoms with Crippen LogP contribution in [-0.4, -0.2) is 36.9 Å². The molecule has 0 radical (unpaired) electrons. The number of carbonyl (C=O) groups is 2. The van der Waals surface area contributed by atoms with Gasteiger partial charge in [-0.3, -0.25) is 15.0 Å².